The quantitative estimate of drug-likeness (QED) is 0.760. The van der Waals surface area contributed by atoms with Gasteiger partial charge in [-0.25, -0.2) is 4.98 Å². The fourth-order valence-electron chi connectivity index (χ4n) is 3.64. The number of fused-ring (bicyclic) bond motifs is 1. The summed E-state index contributed by atoms with van der Waals surface area (Å²) in [6, 6.07) is 5.59. The van der Waals surface area contributed by atoms with Crippen molar-refractivity contribution in [3.05, 3.63) is 47.3 Å². The predicted octanol–water partition coefficient (Wildman–Crippen LogP) is 2.81. The summed E-state index contributed by atoms with van der Waals surface area (Å²) in [5, 5.41) is 2.89. The van der Waals surface area contributed by atoms with Crippen LogP contribution in [0.5, 0.6) is 0 Å². The molecule has 0 spiro atoms. The van der Waals surface area contributed by atoms with Gasteiger partial charge in [0.1, 0.15) is 5.69 Å². The Morgan fingerprint density at radius 3 is 2.64 bits per heavy atom. The third kappa shape index (κ3) is 4.40. The van der Waals surface area contributed by atoms with Crippen molar-refractivity contribution in [3.8, 4) is 0 Å². The van der Waals surface area contributed by atoms with Crippen molar-refractivity contribution >= 4 is 11.8 Å². The molecular formula is C21H29N5O2. The highest BCUT2D eigenvalue weighted by atomic mass is 16.2. The maximum atomic E-state index is 13.1. The molecule has 0 aliphatic carbocycles. The van der Waals surface area contributed by atoms with E-state index < -0.39 is 0 Å². The van der Waals surface area contributed by atoms with Gasteiger partial charge in [0.05, 0.1) is 17.9 Å². The van der Waals surface area contributed by atoms with Crippen molar-refractivity contribution in [1.29, 1.82) is 0 Å². The molecule has 0 radical (unpaired) electrons. The third-order valence-electron chi connectivity index (χ3n) is 4.95. The summed E-state index contributed by atoms with van der Waals surface area (Å²) >= 11 is 0. The van der Waals surface area contributed by atoms with Crippen LogP contribution < -0.4 is 5.32 Å². The van der Waals surface area contributed by atoms with Crippen LogP contribution in [-0.4, -0.2) is 44.3 Å². The standard InChI is InChI=1S/C21H29N5O2/c1-3-12-25(13-4-2)21(28)18-17-10-6-8-14-26(17)19(24-18)20(27)23-15-16-9-5-7-11-22-16/h5,7,9,11H,3-4,6,8,10,12-15H2,1-2H3,(H,23,27). The fourth-order valence-corrected chi connectivity index (χ4v) is 3.64. The minimum atomic E-state index is -0.259. The summed E-state index contributed by atoms with van der Waals surface area (Å²) in [5.41, 5.74) is 2.13. The Hall–Kier alpha value is -2.70. The summed E-state index contributed by atoms with van der Waals surface area (Å²) in [4.78, 5) is 36.5. The molecule has 150 valence electrons. The molecule has 0 saturated carbocycles. The largest absolute Gasteiger partial charge is 0.344 e. The van der Waals surface area contributed by atoms with Crippen LogP contribution >= 0.6 is 0 Å². The number of carbonyl (C=O) groups is 2. The van der Waals surface area contributed by atoms with Gasteiger partial charge in [-0.2, -0.15) is 0 Å². The average Bonchev–Trinajstić information content (AvgIpc) is 3.12. The van der Waals surface area contributed by atoms with Crippen LogP contribution in [0.2, 0.25) is 0 Å². The lowest BCUT2D eigenvalue weighted by Crippen LogP contribution is -2.33. The normalized spacial score (nSPS) is 13.1. The first-order valence-electron chi connectivity index (χ1n) is 10.2. The highest BCUT2D eigenvalue weighted by molar-refractivity contribution is 5.97. The first-order chi connectivity index (χ1) is 13.7. The predicted molar refractivity (Wildman–Crippen MR) is 107 cm³/mol. The number of amides is 2. The average molecular weight is 383 g/mol. The molecule has 2 aromatic rings. The summed E-state index contributed by atoms with van der Waals surface area (Å²) in [6.45, 7) is 6.61. The summed E-state index contributed by atoms with van der Waals surface area (Å²) in [6.07, 6.45) is 6.30. The molecule has 1 aliphatic heterocycles. The van der Waals surface area contributed by atoms with Gasteiger partial charge >= 0.3 is 0 Å². The Kier molecular flexibility index (Phi) is 6.79. The van der Waals surface area contributed by atoms with E-state index in [2.05, 4.69) is 29.1 Å². The molecular weight excluding hydrogens is 354 g/mol. The Bertz CT molecular complexity index is 810. The number of nitrogens with one attached hydrogen (secondary N) is 1. The highest BCUT2D eigenvalue weighted by Gasteiger charge is 2.29. The Morgan fingerprint density at radius 1 is 1.18 bits per heavy atom. The maximum Gasteiger partial charge on any atom is 0.287 e. The molecule has 0 aromatic carbocycles. The third-order valence-corrected chi connectivity index (χ3v) is 4.95. The Balaban J connectivity index is 1.84. The smallest absolute Gasteiger partial charge is 0.287 e. The summed E-state index contributed by atoms with van der Waals surface area (Å²) in [7, 11) is 0. The van der Waals surface area contributed by atoms with Gasteiger partial charge in [-0.15, -0.1) is 0 Å². The number of rotatable bonds is 8. The SMILES string of the molecule is CCCN(CCC)C(=O)c1nc(C(=O)NCc2ccccn2)n2c1CCCC2. The van der Waals surface area contributed by atoms with Crippen molar-refractivity contribution in [2.75, 3.05) is 13.1 Å². The van der Waals surface area contributed by atoms with Crippen molar-refractivity contribution < 1.29 is 9.59 Å². The minimum Gasteiger partial charge on any atom is -0.344 e. The molecule has 2 aromatic heterocycles. The molecule has 7 nitrogen and oxygen atoms in total. The molecule has 7 heteroatoms. The lowest BCUT2D eigenvalue weighted by Gasteiger charge is -2.22. The van der Waals surface area contributed by atoms with Crippen LogP contribution in [0.25, 0.3) is 0 Å². The van der Waals surface area contributed by atoms with Crippen molar-refractivity contribution in [3.63, 3.8) is 0 Å². The topological polar surface area (TPSA) is 80.1 Å². The number of imidazole rings is 1. The van der Waals surface area contributed by atoms with E-state index in [4.69, 9.17) is 0 Å². The zero-order chi connectivity index (χ0) is 19.9. The second-order valence-electron chi connectivity index (χ2n) is 7.14. The first kappa shape index (κ1) is 20.0. The maximum absolute atomic E-state index is 13.1. The Morgan fingerprint density at radius 2 is 1.96 bits per heavy atom. The van der Waals surface area contributed by atoms with Crippen LogP contribution in [0.1, 0.15) is 72.0 Å². The molecule has 0 unspecified atom stereocenters. The molecule has 1 N–H and O–H groups in total. The number of nitrogens with zero attached hydrogens (tertiary/aromatic N) is 4. The van der Waals surface area contributed by atoms with E-state index in [-0.39, 0.29) is 11.8 Å². The lowest BCUT2D eigenvalue weighted by molar-refractivity contribution is 0.0748. The van der Waals surface area contributed by atoms with E-state index in [1.54, 1.807) is 6.20 Å². The van der Waals surface area contributed by atoms with Gasteiger partial charge in [0.15, 0.2) is 5.82 Å². The molecule has 0 atom stereocenters. The van der Waals surface area contributed by atoms with Crippen LogP contribution in [0.15, 0.2) is 24.4 Å². The van der Waals surface area contributed by atoms with Gasteiger partial charge in [-0.1, -0.05) is 19.9 Å². The van der Waals surface area contributed by atoms with Crippen molar-refractivity contribution in [1.82, 2.24) is 24.8 Å². The molecule has 0 fully saturated rings. The van der Waals surface area contributed by atoms with Crippen LogP contribution in [-0.2, 0) is 19.5 Å². The number of hydrogen-bond donors (Lipinski definition) is 1. The monoisotopic (exact) mass is 383 g/mol. The molecule has 0 saturated heterocycles. The van der Waals surface area contributed by atoms with E-state index in [0.717, 1.165) is 50.0 Å². The summed E-state index contributed by atoms with van der Waals surface area (Å²) < 4.78 is 1.93. The van der Waals surface area contributed by atoms with E-state index in [0.29, 0.717) is 31.2 Å². The lowest BCUT2D eigenvalue weighted by atomic mass is 10.1. The first-order valence-corrected chi connectivity index (χ1v) is 10.2. The van der Waals surface area contributed by atoms with E-state index in [9.17, 15) is 9.59 Å². The van der Waals surface area contributed by atoms with E-state index in [1.165, 1.54) is 0 Å². The van der Waals surface area contributed by atoms with Crippen LogP contribution in [0, 0.1) is 0 Å². The molecule has 28 heavy (non-hydrogen) atoms. The number of carbonyl (C=O) groups excluding carboxylic acids is 2. The summed E-state index contributed by atoms with van der Waals surface area (Å²) in [5.74, 6) is 0.0189. The van der Waals surface area contributed by atoms with E-state index in [1.807, 2.05) is 27.7 Å². The van der Waals surface area contributed by atoms with E-state index >= 15 is 0 Å². The number of hydrogen-bond acceptors (Lipinski definition) is 4. The van der Waals surface area contributed by atoms with Gasteiger partial charge in [0.25, 0.3) is 11.8 Å². The molecule has 3 heterocycles. The van der Waals surface area contributed by atoms with Gasteiger partial charge in [-0.3, -0.25) is 14.6 Å². The zero-order valence-corrected chi connectivity index (χ0v) is 16.8. The second-order valence-corrected chi connectivity index (χ2v) is 7.14. The molecule has 3 rings (SSSR count). The van der Waals surface area contributed by atoms with Gasteiger partial charge in [0.2, 0.25) is 0 Å². The fraction of sp³-hybridized carbons (Fsp3) is 0.524. The van der Waals surface area contributed by atoms with Crippen molar-refractivity contribution in [2.24, 2.45) is 0 Å². The van der Waals surface area contributed by atoms with Crippen LogP contribution in [0.4, 0.5) is 0 Å². The zero-order valence-electron chi connectivity index (χ0n) is 16.8. The molecule has 0 bridgehead atoms. The van der Waals surface area contributed by atoms with Gasteiger partial charge in [-0.05, 0) is 44.2 Å². The highest BCUT2D eigenvalue weighted by Crippen LogP contribution is 2.22. The number of pyridine rings is 1. The minimum absolute atomic E-state index is 0.0573. The Labute approximate surface area is 166 Å². The molecule has 1 aliphatic rings. The second kappa shape index (κ2) is 9.48. The molecule has 2 amide bonds. The number of aromatic nitrogens is 3. The van der Waals surface area contributed by atoms with Gasteiger partial charge < -0.3 is 14.8 Å². The van der Waals surface area contributed by atoms with Crippen molar-refractivity contribution in [2.45, 2.75) is 59.0 Å². The van der Waals surface area contributed by atoms with Gasteiger partial charge in [0, 0.05) is 25.8 Å². The van der Waals surface area contributed by atoms with Crippen LogP contribution in [0.3, 0.4) is 0 Å².